The quantitative estimate of drug-likeness (QED) is 0.292. The average Bonchev–Trinajstić information content (AvgIpc) is 3.03. The van der Waals surface area contributed by atoms with Crippen molar-refractivity contribution >= 4 is 28.5 Å². The second-order valence-electron chi connectivity index (χ2n) is 11.3. The van der Waals surface area contributed by atoms with Crippen molar-refractivity contribution in [3.8, 4) is 11.3 Å². The molecule has 3 aromatic heterocycles. The lowest BCUT2D eigenvalue weighted by Gasteiger charge is -2.30. The molecule has 2 amide bonds. The monoisotopic (exact) mass is 584 g/mol. The molecule has 2 N–H and O–H groups in total. The molecule has 0 bridgehead atoms. The number of anilines is 1. The molecule has 1 aliphatic rings. The van der Waals surface area contributed by atoms with Crippen molar-refractivity contribution < 1.29 is 14.0 Å². The maximum atomic E-state index is 14.5. The Hall–Kier alpha value is -4.54. The normalized spacial score (nSPS) is 15.2. The van der Waals surface area contributed by atoms with Gasteiger partial charge in [-0.25, -0.2) is 24.3 Å². The average molecular weight is 585 g/mol. The standard InChI is InChI=1S/C32H37FN8O2/c1-19(20(2)24-6-5-7-25-30(32(43)34-4)26(33)17-38-31(24)25)14-35-29-13-27(39-18-40-29)23-15-36-28(37-16-23)12-22-8-10-41(11-9-22)21(3)42/h5-7,13,15-20,22H,8-12,14H2,1-4H3,(H,34,43)(H,35,39,40)/t19?,20-/m1/s1. The molecule has 0 aliphatic carbocycles. The summed E-state index contributed by atoms with van der Waals surface area (Å²) in [6.45, 7) is 8.06. The molecule has 5 rings (SSSR count). The molecule has 11 heteroatoms. The van der Waals surface area contributed by atoms with Crippen LogP contribution in [0.4, 0.5) is 10.2 Å². The molecule has 0 spiro atoms. The van der Waals surface area contributed by atoms with Crippen molar-refractivity contribution in [1.29, 1.82) is 0 Å². The number of halogens is 1. The Morgan fingerprint density at radius 2 is 1.79 bits per heavy atom. The zero-order valence-corrected chi connectivity index (χ0v) is 25.0. The van der Waals surface area contributed by atoms with E-state index in [9.17, 15) is 14.0 Å². The molecule has 1 aromatic carbocycles. The number of piperidine rings is 1. The largest absolute Gasteiger partial charge is 0.370 e. The summed E-state index contributed by atoms with van der Waals surface area (Å²) in [6, 6.07) is 7.42. The van der Waals surface area contributed by atoms with Gasteiger partial charge in [-0.1, -0.05) is 32.0 Å². The molecule has 10 nitrogen and oxygen atoms in total. The third kappa shape index (κ3) is 6.76. The fourth-order valence-corrected chi connectivity index (χ4v) is 5.61. The summed E-state index contributed by atoms with van der Waals surface area (Å²) < 4.78 is 14.5. The van der Waals surface area contributed by atoms with Crippen LogP contribution in [0.5, 0.6) is 0 Å². The molecule has 4 heterocycles. The van der Waals surface area contributed by atoms with Crippen LogP contribution in [0.15, 0.2) is 49.2 Å². The molecular formula is C32H37FN8O2. The summed E-state index contributed by atoms with van der Waals surface area (Å²) in [4.78, 5) is 48.2. The van der Waals surface area contributed by atoms with Gasteiger partial charge in [0.1, 0.15) is 18.0 Å². The van der Waals surface area contributed by atoms with E-state index in [1.165, 1.54) is 13.4 Å². The van der Waals surface area contributed by atoms with Crippen LogP contribution in [0.3, 0.4) is 0 Å². The van der Waals surface area contributed by atoms with E-state index in [2.05, 4.69) is 49.4 Å². The maximum Gasteiger partial charge on any atom is 0.254 e. The van der Waals surface area contributed by atoms with E-state index in [0.717, 1.165) is 61.2 Å². The molecule has 43 heavy (non-hydrogen) atoms. The number of carbonyl (C=O) groups is 2. The van der Waals surface area contributed by atoms with Gasteiger partial charge in [0.15, 0.2) is 5.82 Å². The minimum atomic E-state index is -0.641. The lowest BCUT2D eigenvalue weighted by atomic mass is 9.87. The van der Waals surface area contributed by atoms with Crippen LogP contribution in [0.1, 0.15) is 61.3 Å². The number of hydrogen-bond donors (Lipinski definition) is 2. The van der Waals surface area contributed by atoms with Crippen molar-refractivity contribution in [1.82, 2.24) is 35.1 Å². The zero-order chi connectivity index (χ0) is 30.5. The first-order valence-corrected chi connectivity index (χ1v) is 14.7. The number of rotatable bonds is 9. The van der Waals surface area contributed by atoms with Crippen LogP contribution in [0, 0.1) is 17.7 Å². The van der Waals surface area contributed by atoms with Crippen LogP contribution < -0.4 is 10.6 Å². The molecule has 224 valence electrons. The van der Waals surface area contributed by atoms with E-state index in [4.69, 9.17) is 0 Å². The van der Waals surface area contributed by atoms with Gasteiger partial charge < -0.3 is 15.5 Å². The van der Waals surface area contributed by atoms with Gasteiger partial charge in [0.25, 0.3) is 5.91 Å². The van der Waals surface area contributed by atoms with Crippen molar-refractivity contribution in [2.24, 2.45) is 11.8 Å². The first-order valence-electron chi connectivity index (χ1n) is 14.7. The minimum absolute atomic E-state index is 0.00727. The van der Waals surface area contributed by atoms with E-state index in [0.29, 0.717) is 29.2 Å². The topological polar surface area (TPSA) is 126 Å². The van der Waals surface area contributed by atoms with Crippen LogP contribution in [0.2, 0.25) is 0 Å². The Kier molecular flexibility index (Phi) is 9.18. The second kappa shape index (κ2) is 13.2. The first kappa shape index (κ1) is 29.9. The SMILES string of the molecule is CNC(=O)c1c(F)cnc2c([C@H](C)C(C)CNc3cc(-c4cnc(CC5CCN(C(C)=O)CC5)nc4)ncn3)cccc12. The van der Waals surface area contributed by atoms with E-state index < -0.39 is 11.7 Å². The predicted octanol–water partition coefficient (Wildman–Crippen LogP) is 4.63. The number of carbonyl (C=O) groups excluding carboxylic acids is 2. The smallest absolute Gasteiger partial charge is 0.254 e. The summed E-state index contributed by atoms with van der Waals surface area (Å²) in [5.74, 6) is 1.20. The lowest BCUT2D eigenvalue weighted by molar-refractivity contribution is -0.130. The molecular weight excluding hydrogens is 547 g/mol. The number of hydrogen-bond acceptors (Lipinski definition) is 8. The third-order valence-electron chi connectivity index (χ3n) is 8.49. The number of fused-ring (bicyclic) bond motifs is 1. The van der Waals surface area contributed by atoms with Gasteiger partial charge in [-0.3, -0.25) is 14.6 Å². The Morgan fingerprint density at radius 3 is 2.49 bits per heavy atom. The van der Waals surface area contributed by atoms with Crippen molar-refractivity contribution in [2.75, 3.05) is 32.0 Å². The van der Waals surface area contributed by atoms with Gasteiger partial charge in [-0.05, 0) is 36.2 Å². The molecule has 1 aliphatic heterocycles. The molecule has 1 unspecified atom stereocenters. The first-order chi connectivity index (χ1) is 20.7. The highest BCUT2D eigenvalue weighted by atomic mass is 19.1. The third-order valence-corrected chi connectivity index (χ3v) is 8.49. The molecule has 0 radical (unpaired) electrons. The molecule has 2 atom stereocenters. The zero-order valence-electron chi connectivity index (χ0n) is 25.0. The van der Waals surface area contributed by atoms with Gasteiger partial charge in [0, 0.05) is 69.4 Å². The number of aromatic nitrogens is 5. The number of pyridine rings is 1. The van der Waals surface area contributed by atoms with E-state index in [1.807, 2.05) is 23.1 Å². The summed E-state index contributed by atoms with van der Waals surface area (Å²) in [7, 11) is 1.48. The molecule has 1 saturated heterocycles. The Labute approximate surface area is 250 Å². The van der Waals surface area contributed by atoms with Gasteiger partial charge >= 0.3 is 0 Å². The summed E-state index contributed by atoms with van der Waals surface area (Å²) in [6.07, 6.45) is 8.97. The van der Waals surface area contributed by atoms with Gasteiger partial charge in [-0.15, -0.1) is 0 Å². The summed E-state index contributed by atoms with van der Waals surface area (Å²) in [5.41, 5.74) is 3.11. The highest BCUT2D eigenvalue weighted by Crippen LogP contribution is 2.32. The Morgan fingerprint density at radius 1 is 1.05 bits per heavy atom. The highest BCUT2D eigenvalue weighted by molar-refractivity contribution is 6.06. The minimum Gasteiger partial charge on any atom is -0.370 e. The summed E-state index contributed by atoms with van der Waals surface area (Å²) in [5, 5.41) is 6.43. The van der Waals surface area contributed by atoms with Crippen LogP contribution in [-0.4, -0.2) is 68.3 Å². The van der Waals surface area contributed by atoms with Crippen LogP contribution in [-0.2, 0) is 11.2 Å². The number of benzene rings is 1. The Balaban J connectivity index is 1.22. The number of para-hydroxylation sites is 1. The van der Waals surface area contributed by atoms with Gasteiger partial charge in [0.2, 0.25) is 5.91 Å². The van der Waals surface area contributed by atoms with Crippen molar-refractivity contribution in [2.45, 2.75) is 46.0 Å². The second-order valence-corrected chi connectivity index (χ2v) is 11.3. The fraction of sp³-hybridized carbons (Fsp3) is 0.406. The van der Waals surface area contributed by atoms with Gasteiger partial charge in [0.05, 0.1) is 23.0 Å². The fourth-order valence-electron chi connectivity index (χ4n) is 5.61. The maximum absolute atomic E-state index is 14.5. The highest BCUT2D eigenvalue weighted by Gasteiger charge is 2.23. The molecule has 0 saturated carbocycles. The molecule has 4 aromatic rings. The number of nitrogens with one attached hydrogen (secondary N) is 2. The Bertz CT molecular complexity index is 1610. The van der Waals surface area contributed by atoms with Crippen molar-refractivity contribution in [3.05, 3.63) is 72.0 Å². The van der Waals surface area contributed by atoms with Crippen LogP contribution in [0.25, 0.3) is 22.2 Å². The van der Waals surface area contributed by atoms with Gasteiger partial charge in [-0.2, -0.15) is 0 Å². The number of likely N-dealkylation sites (tertiary alicyclic amines) is 1. The lowest BCUT2D eigenvalue weighted by Crippen LogP contribution is -2.37. The van der Waals surface area contributed by atoms with Crippen LogP contribution >= 0.6 is 0 Å². The number of nitrogens with zero attached hydrogens (tertiary/aromatic N) is 6. The summed E-state index contributed by atoms with van der Waals surface area (Å²) >= 11 is 0. The van der Waals surface area contributed by atoms with E-state index in [1.54, 1.807) is 25.4 Å². The van der Waals surface area contributed by atoms with E-state index in [-0.39, 0.29) is 23.3 Å². The predicted molar refractivity (Wildman–Crippen MR) is 163 cm³/mol. The van der Waals surface area contributed by atoms with Crippen molar-refractivity contribution in [3.63, 3.8) is 0 Å². The van der Waals surface area contributed by atoms with E-state index >= 15 is 0 Å². The molecule has 1 fully saturated rings. The number of amides is 2.